The number of hydrogen-bond donors (Lipinski definition) is 2. The third-order valence-corrected chi connectivity index (χ3v) is 4.59. The number of aromatic nitrogens is 1. The Morgan fingerprint density at radius 1 is 1.14 bits per heavy atom. The number of rotatable bonds is 5. The molecule has 6 nitrogen and oxygen atoms in total. The van der Waals surface area contributed by atoms with E-state index in [2.05, 4.69) is 33.6 Å². The van der Waals surface area contributed by atoms with E-state index >= 15 is 0 Å². The SMILES string of the molecule is CCNC(=NCc1coc(-c2ccccc2)n1)NC1CCOc2ccccc21.I. The molecular weight excluding hydrogens is 479 g/mol. The molecule has 0 spiro atoms. The van der Waals surface area contributed by atoms with Gasteiger partial charge in [-0.25, -0.2) is 9.98 Å². The first-order valence-corrected chi connectivity index (χ1v) is 9.60. The number of ether oxygens (including phenoxy) is 1. The number of oxazole rings is 1. The second-order valence-electron chi connectivity index (χ2n) is 6.58. The summed E-state index contributed by atoms with van der Waals surface area (Å²) >= 11 is 0. The quantitative estimate of drug-likeness (QED) is 0.304. The molecule has 1 unspecified atom stereocenters. The van der Waals surface area contributed by atoms with Crippen molar-refractivity contribution in [3.05, 3.63) is 72.1 Å². The number of aliphatic imine (C=N–C) groups is 1. The molecule has 1 atom stereocenters. The van der Waals surface area contributed by atoms with E-state index in [0.717, 1.165) is 41.5 Å². The van der Waals surface area contributed by atoms with Gasteiger partial charge in [0.2, 0.25) is 5.89 Å². The average molecular weight is 504 g/mol. The van der Waals surface area contributed by atoms with Gasteiger partial charge >= 0.3 is 0 Å². The Bertz CT molecular complexity index is 943. The van der Waals surface area contributed by atoms with Crippen LogP contribution in [0.1, 0.15) is 30.6 Å². The molecule has 2 heterocycles. The van der Waals surface area contributed by atoms with Gasteiger partial charge in [0.1, 0.15) is 17.7 Å². The molecular formula is C22H25IN4O2. The fraction of sp³-hybridized carbons (Fsp3) is 0.273. The van der Waals surface area contributed by atoms with Gasteiger partial charge in [-0.15, -0.1) is 24.0 Å². The third kappa shape index (κ3) is 5.29. The van der Waals surface area contributed by atoms with Crippen LogP contribution in [0.5, 0.6) is 5.75 Å². The van der Waals surface area contributed by atoms with Crippen LogP contribution in [0.15, 0.2) is 70.3 Å². The van der Waals surface area contributed by atoms with Gasteiger partial charge in [-0.3, -0.25) is 0 Å². The first kappa shape index (κ1) is 21.2. The lowest BCUT2D eigenvalue weighted by atomic mass is 10.0. The van der Waals surface area contributed by atoms with E-state index in [-0.39, 0.29) is 30.0 Å². The number of fused-ring (bicyclic) bond motifs is 1. The number of nitrogens with zero attached hydrogens (tertiary/aromatic N) is 2. The minimum absolute atomic E-state index is 0. The van der Waals surface area contributed by atoms with Gasteiger partial charge in [0.15, 0.2) is 5.96 Å². The zero-order valence-corrected chi connectivity index (χ0v) is 18.6. The second-order valence-corrected chi connectivity index (χ2v) is 6.58. The zero-order valence-electron chi connectivity index (χ0n) is 16.3. The maximum Gasteiger partial charge on any atom is 0.226 e. The summed E-state index contributed by atoms with van der Waals surface area (Å²) in [4.78, 5) is 9.23. The van der Waals surface area contributed by atoms with Crippen LogP contribution in [0.2, 0.25) is 0 Å². The molecule has 152 valence electrons. The summed E-state index contributed by atoms with van der Waals surface area (Å²) in [6.45, 7) is 3.97. The van der Waals surface area contributed by atoms with E-state index < -0.39 is 0 Å². The van der Waals surface area contributed by atoms with Crippen molar-refractivity contribution in [2.24, 2.45) is 4.99 Å². The standard InChI is InChI=1S/C22H24N4O2.HI/c1-2-23-22(26-19-12-13-27-20-11-7-6-10-18(19)20)24-14-17-15-28-21(25-17)16-8-4-3-5-9-16;/h3-11,15,19H,2,12-14H2,1H3,(H2,23,24,26);1H. The maximum absolute atomic E-state index is 5.75. The van der Waals surface area contributed by atoms with Gasteiger partial charge < -0.3 is 19.8 Å². The molecule has 2 N–H and O–H groups in total. The molecule has 0 fully saturated rings. The van der Waals surface area contributed by atoms with E-state index in [1.807, 2.05) is 48.5 Å². The summed E-state index contributed by atoms with van der Waals surface area (Å²) in [6, 6.07) is 18.2. The fourth-order valence-electron chi connectivity index (χ4n) is 3.23. The molecule has 2 aromatic carbocycles. The highest BCUT2D eigenvalue weighted by atomic mass is 127. The molecule has 7 heteroatoms. The number of halogens is 1. The van der Waals surface area contributed by atoms with Crippen molar-refractivity contribution in [3.8, 4) is 17.2 Å². The number of para-hydroxylation sites is 1. The van der Waals surface area contributed by atoms with Crippen LogP contribution in [0, 0.1) is 0 Å². The van der Waals surface area contributed by atoms with Crippen molar-refractivity contribution in [1.82, 2.24) is 15.6 Å². The lowest BCUT2D eigenvalue weighted by molar-refractivity contribution is 0.261. The Kier molecular flexibility index (Phi) is 7.51. The molecule has 0 amide bonds. The molecule has 29 heavy (non-hydrogen) atoms. The van der Waals surface area contributed by atoms with Gasteiger partial charge in [0.25, 0.3) is 0 Å². The Morgan fingerprint density at radius 3 is 2.76 bits per heavy atom. The fourth-order valence-corrected chi connectivity index (χ4v) is 3.23. The number of guanidine groups is 1. The average Bonchev–Trinajstić information content (AvgIpc) is 3.22. The van der Waals surface area contributed by atoms with Crippen LogP contribution >= 0.6 is 24.0 Å². The van der Waals surface area contributed by atoms with Crippen molar-refractivity contribution in [1.29, 1.82) is 0 Å². The lowest BCUT2D eigenvalue weighted by Gasteiger charge is -2.28. The smallest absolute Gasteiger partial charge is 0.226 e. The van der Waals surface area contributed by atoms with Crippen LogP contribution in [-0.2, 0) is 6.54 Å². The predicted molar refractivity (Wildman–Crippen MR) is 125 cm³/mol. The Labute approximate surface area is 187 Å². The van der Waals surface area contributed by atoms with Crippen molar-refractivity contribution in [2.45, 2.75) is 25.9 Å². The van der Waals surface area contributed by atoms with Crippen molar-refractivity contribution in [2.75, 3.05) is 13.2 Å². The zero-order chi connectivity index (χ0) is 19.2. The van der Waals surface area contributed by atoms with Crippen LogP contribution in [-0.4, -0.2) is 24.1 Å². The summed E-state index contributed by atoms with van der Waals surface area (Å²) in [6.07, 6.45) is 2.56. The normalized spacial score (nSPS) is 15.6. The van der Waals surface area contributed by atoms with Gasteiger partial charge in [0, 0.05) is 24.1 Å². The molecule has 0 bridgehead atoms. The Balaban J connectivity index is 0.00000240. The highest BCUT2D eigenvalue weighted by molar-refractivity contribution is 14.0. The van der Waals surface area contributed by atoms with E-state index in [1.165, 1.54) is 0 Å². The predicted octanol–water partition coefficient (Wildman–Crippen LogP) is 4.54. The Morgan fingerprint density at radius 2 is 1.93 bits per heavy atom. The molecule has 1 aliphatic rings. The van der Waals surface area contributed by atoms with Gasteiger partial charge in [-0.05, 0) is 25.1 Å². The third-order valence-electron chi connectivity index (χ3n) is 4.59. The molecule has 0 saturated carbocycles. The summed E-state index contributed by atoms with van der Waals surface area (Å²) in [5, 5.41) is 6.83. The molecule has 1 aliphatic heterocycles. The largest absolute Gasteiger partial charge is 0.493 e. The summed E-state index contributed by atoms with van der Waals surface area (Å²) in [5.74, 6) is 2.31. The van der Waals surface area contributed by atoms with Gasteiger partial charge in [-0.2, -0.15) is 0 Å². The minimum atomic E-state index is 0. The molecule has 0 radical (unpaired) electrons. The lowest BCUT2D eigenvalue weighted by Crippen LogP contribution is -2.41. The number of benzene rings is 2. The summed E-state index contributed by atoms with van der Waals surface area (Å²) in [7, 11) is 0. The first-order chi connectivity index (χ1) is 13.8. The number of hydrogen-bond acceptors (Lipinski definition) is 4. The summed E-state index contributed by atoms with van der Waals surface area (Å²) in [5.41, 5.74) is 2.91. The van der Waals surface area contributed by atoms with Crippen molar-refractivity contribution >= 4 is 29.9 Å². The molecule has 0 saturated heterocycles. The van der Waals surface area contributed by atoms with E-state index in [9.17, 15) is 0 Å². The van der Waals surface area contributed by atoms with Gasteiger partial charge in [-0.1, -0.05) is 36.4 Å². The van der Waals surface area contributed by atoms with Crippen LogP contribution in [0.25, 0.3) is 11.5 Å². The van der Waals surface area contributed by atoms with Crippen molar-refractivity contribution < 1.29 is 9.15 Å². The minimum Gasteiger partial charge on any atom is -0.493 e. The molecule has 1 aromatic heterocycles. The van der Waals surface area contributed by atoms with Crippen molar-refractivity contribution in [3.63, 3.8) is 0 Å². The second kappa shape index (κ2) is 10.3. The van der Waals surface area contributed by atoms with Crippen LogP contribution < -0.4 is 15.4 Å². The Hall–Kier alpha value is -2.55. The monoisotopic (exact) mass is 504 g/mol. The number of nitrogens with one attached hydrogen (secondary N) is 2. The van der Waals surface area contributed by atoms with Gasteiger partial charge in [0.05, 0.1) is 19.2 Å². The van der Waals surface area contributed by atoms with Crippen LogP contribution in [0.3, 0.4) is 0 Å². The van der Waals surface area contributed by atoms with E-state index in [1.54, 1.807) is 6.26 Å². The van der Waals surface area contributed by atoms with E-state index in [4.69, 9.17) is 9.15 Å². The highest BCUT2D eigenvalue weighted by Crippen LogP contribution is 2.31. The topological polar surface area (TPSA) is 71.7 Å². The van der Waals surface area contributed by atoms with Crippen LogP contribution in [0.4, 0.5) is 0 Å². The summed E-state index contributed by atoms with van der Waals surface area (Å²) < 4.78 is 11.3. The highest BCUT2D eigenvalue weighted by Gasteiger charge is 2.21. The van der Waals surface area contributed by atoms with E-state index in [0.29, 0.717) is 19.0 Å². The first-order valence-electron chi connectivity index (χ1n) is 9.60. The maximum atomic E-state index is 5.75. The molecule has 0 aliphatic carbocycles. The molecule has 3 aromatic rings. The molecule has 4 rings (SSSR count).